The minimum atomic E-state index is 0.318. The molecule has 0 spiro atoms. The maximum atomic E-state index is 12.2. The molecule has 3 rings (SSSR count). The van der Waals surface area contributed by atoms with Gasteiger partial charge in [0.25, 0.3) is 0 Å². The first kappa shape index (κ1) is 15.0. The second-order valence-corrected chi connectivity index (χ2v) is 7.72. The average molecular weight is 303 g/mol. The van der Waals surface area contributed by atoms with Gasteiger partial charge in [-0.05, 0) is 43.6 Å². The highest BCUT2D eigenvalue weighted by Gasteiger charge is 2.42. The Bertz CT molecular complexity index is 484. The maximum Gasteiger partial charge on any atom is 0.223 e. The van der Waals surface area contributed by atoms with Crippen LogP contribution in [0.15, 0.2) is 24.3 Å². The molecule has 0 aromatic heterocycles. The lowest BCUT2D eigenvalue weighted by molar-refractivity contribution is -0.126. The van der Waals surface area contributed by atoms with Crippen LogP contribution in [0.25, 0.3) is 0 Å². The van der Waals surface area contributed by atoms with E-state index in [0.717, 1.165) is 30.4 Å². The number of carbonyl (C=O) groups excluding carboxylic acids is 1. The summed E-state index contributed by atoms with van der Waals surface area (Å²) >= 11 is 1.90. The van der Waals surface area contributed by atoms with Crippen molar-refractivity contribution in [2.45, 2.75) is 38.4 Å². The molecule has 3 unspecified atom stereocenters. The summed E-state index contributed by atoms with van der Waals surface area (Å²) in [5.74, 6) is 4.21. The number of hydrogen-bond acceptors (Lipinski definition) is 2. The smallest absolute Gasteiger partial charge is 0.223 e. The van der Waals surface area contributed by atoms with E-state index in [-0.39, 0.29) is 0 Å². The molecule has 0 radical (unpaired) electrons. The van der Waals surface area contributed by atoms with Crippen LogP contribution in [-0.2, 0) is 10.5 Å². The van der Waals surface area contributed by atoms with E-state index in [1.165, 1.54) is 30.4 Å². The molecule has 2 nitrogen and oxygen atoms in total. The highest BCUT2D eigenvalue weighted by atomic mass is 32.2. The van der Waals surface area contributed by atoms with Gasteiger partial charge < -0.3 is 5.32 Å². The Morgan fingerprint density at radius 3 is 2.71 bits per heavy atom. The molecule has 0 aliphatic heterocycles. The van der Waals surface area contributed by atoms with Crippen molar-refractivity contribution < 1.29 is 4.79 Å². The van der Waals surface area contributed by atoms with E-state index in [1.54, 1.807) is 0 Å². The van der Waals surface area contributed by atoms with Gasteiger partial charge in [-0.15, -0.1) is 0 Å². The number of hydrogen-bond donors (Lipinski definition) is 1. The van der Waals surface area contributed by atoms with Gasteiger partial charge in [0.15, 0.2) is 0 Å². The summed E-state index contributed by atoms with van der Waals surface area (Å²) in [5.41, 5.74) is 2.67. The quantitative estimate of drug-likeness (QED) is 0.810. The molecule has 0 saturated heterocycles. The van der Waals surface area contributed by atoms with Crippen molar-refractivity contribution in [2.75, 3.05) is 12.3 Å². The fourth-order valence-corrected chi connectivity index (χ4v) is 4.64. The molecule has 3 atom stereocenters. The molecule has 2 aliphatic rings. The third-order valence-corrected chi connectivity index (χ3v) is 6.04. The molecule has 1 amide bonds. The van der Waals surface area contributed by atoms with Crippen LogP contribution in [0.4, 0.5) is 0 Å². The van der Waals surface area contributed by atoms with Crippen molar-refractivity contribution in [3.63, 3.8) is 0 Å². The van der Waals surface area contributed by atoms with E-state index >= 15 is 0 Å². The summed E-state index contributed by atoms with van der Waals surface area (Å²) in [7, 11) is 0. The summed E-state index contributed by atoms with van der Waals surface area (Å²) in [6.45, 7) is 2.92. The van der Waals surface area contributed by atoms with Gasteiger partial charge in [0, 0.05) is 24.0 Å². The summed E-state index contributed by atoms with van der Waals surface area (Å²) < 4.78 is 0. The monoisotopic (exact) mass is 303 g/mol. The summed E-state index contributed by atoms with van der Waals surface area (Å²) in [5, 5.41) is 3.15. The van der Waals surface area contributed by atoms with Crippen LogP contribution in [0.2, 0.25) is 0 Å². The van der Waals surface area contributed by atoms with E-state index in [0.29, 0.717) is 17.7 Å². The lowest BCUT2D eigenvalue weighted by atomic mass is 9.88. The topological polar surface area (TPSA) is 29.1 Å². The molecular formula is C18H25NOS. The zero-order valence-electron chi connectivity index (χ0n) is 12.8. The maximum absolute atomic E-state index is 12.2. The van der Waals surface area contributed by atoms with E-state index in [4.69, 9.17) is 0 Å². The first-order valence-corrected chi connectivity index (χ1v) is 9.29. The second kappa shape index (κ2) is 6.87. The molecule has 1 N–H and O–H groups in total. The van der Waals surface area contributed by atoms with Crippen LogP contribution >= 0.6 is 11.8 Å². The molecule has 2 fully saturated rings. The van der Waals surface area contributed by atoms with Crippen molar-refractivity contribution >= 4 is 17.7 Å². The lowest BCUT2D eigenvalue weighted by Gasteiger charge is -2.20. The zero-order valence-corrected chi connectivity index (χ0v) is 13.6. The third kappa shape index (κ3) is 3.82. The number of benzene rings is 1. The minimum Gasteiger partial charge on any atom is -0.355 e. The van der Waals surface area contributed by atoms with Crippen molar-refractivity contribution in [1.82, 2.24) is 5.32 Å². The molecule has 3 heteroatoms. The molecule has 114 valence electrons. The van der Waals surface area contributed by atoms with Crippen LogP contribution in [0.1, 0.15) is 36.8 Å². The van der Waals surface area contributed by atoms with Gasteiger partial charge in [0.1, 0.15) is 0 Å². The Labute approximate surface area is 132 Å². The lowest BCUT2D eigenvalue weighted by Crippen LogP contribution is -2.34. The predicted octanol–water partition coefficient (Wildman–Crippen LogP) is 3.78. The number of amides is 1. The normalized spacial score (nSPS) is 27.0. The molecule has 2 aliphatic carbocycles. The molecule has 1 aromatic carbocycles. The molecule has 2 bridgehead atoms. The Morgan fingerprint density at radius 1 is 1.24 bits per heavy atom. The standard InChI is InChI=1S/C18H25NOS/c1-13-2-4-14(5-3-13)12-21-9-8-19-18(20)17-11-15-6-7-16(17)10-15/h2-5,15-17H,6-12H2,1H3,(H,19,20). The van der Waals surface area contributed by atoms with Crippen molar-refractivity contribution in [3.05, 3.63) is 35.4 Å². The molecule has 0 heterocycles. The molecular weight excluding hydrogens is 278 g/mol. The molecule has 1 aromatic rings. The van der Waals surface area contributed by atoms with Crippen LogP contribution in [-0.4, -0.2) is 18.2 Å². The van der Waals surface area contributed by atoms with E-state index < -0.39 is 0 Å². The summed E-state index contributed by atoms with van der Waals surface area (Å²) in [4.78, 5) is 12.2. The van der Waals surface area contributed by atoms with Gasteiger partial charge in [-0.2, -0.15) is 11.8 Å². The number of nitrogens with one attached hydrogen (secondary N) is 1. The molecule has 2 saturated carbocycles. The fourth-order valence-electron chi connectivity index (χ4n) is 3.82. The van der Waals surface area contributed by atoms with E-state index in [9.17, 15) is 4.79 Å². The first-order chi connectivity index (χ1) is 10.2. The van der Waals surface area contributed by atoms with Gasteiger partial charge in [-0.3, -0.25) is 4.79 Å². The minimum absolute atomic E-state index is 0.318. The predicted molar refractivity (Wildman–Crippen MR) is 89.3 cm³/mol. The number of aryl methyl sites for hydroxylation is 1. The SMILES string of the molecule is Cc1ccc(CSCCNC(=O)C2CC3CCC2C3)cc1. The first-order valence-electron chi connectivity index (χ1n) is 8.13. The van der Waals surface area contributed by atoms with Gasteiger partial charge in [-0.25, -0.2) is 0 Å². The van der Waals surface area contributed by atoms with Gasteiger partial charge in [0.2, 0.25) is 5.91 Å². The van der Waals surface area contributed by atoms with Crippen molar-refractivity contribution in [3.8, 4) is 0 Å². The van der Waals surface area contributed by atoms with E-state index in [2.05, 4.69) is 36.5 Å². The van der Waals surface area contributed by atoms with Gasteiger partial charge in [0.05, 0.1) is 0 Å². The van der Waals surface area contributed by atoms with Gasteiger partial charge >= 0.3 is 0 Å². The summed E-state index contributed by atoms with van der Waals surface area (Å²) in [6, 6.07) is 8.70. The Balaban J connectivity index is 1.31. The largest absolute Gasteiger partial charge is 0.355 e. The average Bonchev–Trinajstić information content (AvgIpc) is 3.11. The Hall–Kier alpha value is -0.960. The van der Waals surface area contributed by atoms with Crippen LogP contribution in [0.5, 0.6) is 0 Å². The highest BCUT2D eigenvalue weighted by molar-refractivity contribution is 7.98. The van der Waals surface area contributed by atoms with Crippen molar-refractivity contribution in [2.24, 2.45) is 17.8 Å². The summed E-state index contributed by atoms with van der Waals surface area (Å²) in [6.07, 6.45) is 5.10. The van der Waals surface area contributed by atoms with Crippen LogP contribution in [0.3, 0.4) is 0 Å². The number of thioether (sulfide) groups is 1. The van der Waals surface area contributed by atoms with Crippen molar-refractivity contribution in [1.29, 1.82) is 0 Å². The van der Waals surface area contributed by atoms with Gasteiger partial charge in [-0.1, -0.05) is 36.2 Å². The zero-order chi connectivity index (χ0) is 14.7. The third-order valence-electron chi connectivity index (χ3n) is 5.01. The Kier molecular flexibility index (Phi) is 4.89. The number of rotatable bonds is 6. The second-order valence-electron chi connectivity index (χ2n) is 6.61. The highest BCUT2D eigenvalue weighted by Crippen LogP contribution is 2.48. The number of carbonyl (C=O) groups is 1. The molecule has 21 heavy (non-hydrogen) atoms. The Morgan fingerprint density at radius 2 is 2.05 bits per heavy atom. The fraction of sp³-hybridized carbons (Fsp3) is 0.611. The van der Waals surface area contributed by atoms with E-state index in [1.807, 2.05) is 11.8 Å². The van der Waals surface area contributed by atoms with Crippen LogP contribution < -0.4 is 5.32 Å². The van der Waals surface area contributed by atoms with Crippen LogP contribution in [0, 0.1) is 24.7 Å². The number of fused-ring (bicyclic) bond motifs is 2.